The predicted octanol–water partition coefficient (Wildman–Crippen LogP) is 3.89. The number of morpholine rings is 1. The molecule has 36 heavy (non-hydrogen) atoms. The topological polar surface area (TPSA) is 82.9 Å². The van der Waals surface area contributed by atoms with E-state index in [1.54, 1.807) is 11.7 Å². The van der Waals surface area contributed by atoms with Crippen molar-refractivity contribution in [3.8, 4) is 11.4 Å². The number of thioether (sulfide) groups is 1. The standard InChI is InChI=1S/C26H31N3O5S2/c1-15(2)20-13-19-21(14-34-20)36-23-22(19)25(31)29(17-5-7-18(32-4)8-6-17)26(27-23)35-16(3)24(30)28-9-11-33-12-10-28/h5-8,15-16,20H,9-14H2,1-4H3/t16-,20+/m1/s1. The van der Waals surface area contributed by atoms with Crippen LogP contribution in [0.5, 0.6) is 5.75 Å². The van der Waals surface area contributed by atoms with Gasteiger partial charge in [-0.05, 0) is 42.7 Å². The molecule has 2 aliphatic heterocycles. The smallest absolute Gasteiger partial charge is 0.267 e. The van der Waals surface area contributed by atoms with Gasteiger partial charge in [0.1, 0.15) is 10.6 Å². The van der Waals surface area contributed by atoms with Crippen molar-refractivity contribution in [2.75, 3.05) is 33.4 Å². The highest BCUT2D eigenvalue weighted by Crippen LogP contribution is 2.37. The number of carbonyl (C=O) groups is 1. The highest BCUT2D eigenvalue weighted by molar-refractivity contribution is 8.00. The van der Waals surface area contributed by atoms with Crippen molar-refractivity contribution in [2.24, 2.45) is 5.92 Å². The highest BCUT2D eigenvalue weighted by atomic mass is 32.2. The Morgan fingerprint density at radius 1 is 1.19 bits per heavy atom. The molecule has 0 unspecified atom stereocenters. The third kappa shape index (κ3) is 4.79. The maximum absolute atomic E-state index is 14.1. The normalized spacial score (nSPS) is 18.9. The fraction of sp³-hybridized carbons (Fsp3) is 0.500. The van der Waals surface area contributed by atoms with Crippen molar-refractivity contribution in [3.63, 3.8) is 0 Å². The molecule has 1 aromatic carbocycles. The van der Waals surface area contributed by atoms with Crippen LogP contribution < -0.4 is 10.3 Å². The summed E-state index contributed by atoms with van der Waals surface area (Å²) in [7, 11) is 1.61. The van der Waals surface area contributed by atoms with Crippen LogP contribution in [-0.2, 0) is 27.3 Å². The van der Waals surface area contributed by atoms with Crippen LogP contribution in [0, 0.1) is 5.92 Å². The summed E-state index contributed by atoms with van der Waals surface area (Å²) >= 11 is 2.84. The summed E-state index contributed by atoms with van der Waals surface area (Å²) in [6, 6.07) is 7.36. The molecule has 1 saturated heterocycles. The van der Waals surface area contributed by atoms with Crippen molar-refractivity contribution < 1.29 is 19.0 Å². The summed E-state index contributed by atoms with van der Waals surface area (Å²) in [5.74, 6) is 1.08. The number of rotatable bonds is 6. The average Bonchev–Trinajstić information content (AvgIpc) is 3.26. The molecule has 0 aliphatic carbocycles. The summed E-state index contributed by atoms with van der Waals surface area (Å²) < 4.78 is 18.4. The lowest BCUT2D eigenvalue weighted by molar-refractivity contribution is -0.134. The fourth-order valence-corrected chi connectivity index (χ4v) is 6.80. The number of ether oxygens (including phenoxy) is 3. The van der Waals surface area contributed by atoms with E-state index in [-0.39, 0.29) is 17.6 Å². The zero-order valence-electron chi connectivity index (χ0n) is 21.0. The van der Waals surface area contributed by atoms with Gasteiger partial charge in [-0.15, -0.1) is 11.3 Å². The molecule has 0 bridgehead atoms. The van der Waals surface area contributed by atoms with Gasteiger partial charge in [0.2, 0.25) is 5.91 Å². The fourth-order valence-electron chi connectivity index (χ4n) is 4.62. The summed E-state index contributed by atoms with van der Waals surface area (Å²) in [5, 5.41) is 0.767. The molecule has 10 heteroatoms. The van der Waals surface area contributed by atoms with Crippen molar-refractivity contribution in [2.45, 2.75) is 50.3 Å². The lowest BCUT2D eigenvalue weighted by Crippen LogP contribution is -2.44. The SMILES string of the molecule is COc1ccc(-n2c(S[C@H](C)C(=O)N3CCOCC3)nc3sc4c(c3c2=O)C[C@@H](C(C)C)OC4)cc1. The Morgan fingerprint density at radius 2 is 1.92 bits per heavy atom. The van der Waals surface area contributed by atoms with Crippen molar-refractivity contribution in [1.82, 2.24) is 14.5 Å². The Morgan fingerprint density at radius 3 is 2.58 bits per heavy atom. The summed E-state index contributed by atoms with van der Waals surface area (Å²) in [6.07, 6.45) is 0.773. The van der Waals surface area contributed by atoms with E-state index in [0.29, 0.717) is 72.1 Å². The van der Waals surface area contributed by atoms with E-state index >= 15 is 0 Å². The van der Waals surface area contributed by atoms with E-state index in [4.69, 9.17) is 19.2 Å². The van der Waals surface area contributed by atoms with Crippen molar-refractivity contribution in [3.05, 3.63) is 45.1 Å². The second kappa shape index (κ2) is 10.5. The predicted molar refractivity (Wildman–Crippen MR) is 142 cm³/mol. The molecule has 4 heterocycles. The Labute approximate surface area is 218 Å². The molecule has 1 fully saturated rings. The molecule has 2 aromatic heterocycles. The number of amides is 1. The van der Waals surface area contributed by atoms with Gasteiger partial charge in [0, 0.05) is 24.4 Å². The van der Waals surface area contributed by atoms with Crippen LogP contribution in [0.4, 0.5) is 0 Å². The number of aromatic nitrogens is 2. The number of nitrogens with zero attached hydrogens (tertiary/aromatic N) is 3. The van der Waals surface area contributed by atoms with Gasteiger partial charge in [-0.3, -0.25) is 14.2 Å². The molecule has 1 amide bonds. The van der Waals surface area contributed by atoms with Gasteiger partial charge in [0.05, 0.1) is 49.4 Å². The number of fused-ring (bicyclic) bond motifs is 3. The second-order valence-electron chi connectivity index (χ2n) is 9.41. The van der Waals surface area contributed by atoms with Gasteiger partial charge in [-0.1, -0.05) is 25.6 Å². The number of hydrogen-bond donors (Lipinski definition) is 0. The van der Waals surface area contributed by atoms with E-state index in [1.807, 2.05) is 36.1 Å². The minimum Gasteiger partial charge on any atom is -0.497 e. The van der Waals surface area contributed by atoms with Crippen LogP contribution in [0.15, 0.2) is 34.2 Å². The Bertz CT molecular complexity index is 1310. The van der Waals surface area contributed by atoms with Gasteiger partial charge in [-0.2, -0.15) is 0 Å². The maximum Gasteiger partial charge on any atom is 0.267 e. The molecule has 2 atom stereocenters. The Kier molecular flexibility index (Phi) is 7.39. The zero-order valence-corrected chi connectivity index (χ0v) is 22.6. The first-order valence-corrected chi connectivity index (χ1v) is 13.9. The first kappa shape index (κ1) is 25.3. The summed E-state index contributed by atoms with van der Waals surface area (Å²) in [4.78, 5) is 35.8. The minimum absolute atomic E-state index is 0.0255. The number of methoxy groups -OCH3 is 1. The molecule has 3 aromatic rings. The van der Waals surface area contributed by atoms with Crippen LogP contribution in [0.2, 0.25) is 0 Å². The van der Waals surface area contributed by atoms with E-state index < -0.39 is 5.25 Å². The van der Waals surface area contributed by atoms with Gasteiger partial charge in [0.15, 0.2) is 5.16 Å². The maximum atomic E-state index is 14.1. The number of thiophene rings is 1. The number of benzene rings is 1. The number of carbonyl (C=O) groups excluding carboxylic acids is 1. The van der Waals surface area contributed by atoms with Crippen molar-refractivity contribution in [1.29, 1.82) is 0 Å². The lowest BCUT2D eigenvalue weighted by atomic mass is 9.96. The monoisotopic (exact) mass is 529 g/mol. The molecular formula is C26H31N3O5S2. The third-order valence-electron chi connectivity index (χ3n) is 6.74. The number of hydrogen-bond acceptors (Lipinski definition) is 8. The largest absolute Gasteiger partial charge is 0.497 e. The molecule has 0 saturated carbocycles. The molecule has 0 N–H and O–H groups in total. The van der Waals surface area contributed by atoms with Gasteiger partial charge in [-0.25, -0.2) is 4.98 Å². The van der Waals surface area contributed by atoms with E-state index in [0.717, 1.165) is 10.4 Å². The first-order valence-electron chi connectivity index (χ1n) is 12.2. The molecule has 5 rings (SSSR count). The van der Waals surface area contributed by atoms with E-state index in [2.05, 4.69) is 13.8 Å². The van der Waals surface area contributed by atoms with Gasteiger partial charge >= 0.3 is 0 Å². The second-order valence-corrected chi connectivity index (χ2v) is 11.8. The molecule has 192 valence electrons. The molecule has 8 nitrogen and oxygen atoms in total. The van der Waals surface area contributed by atoms with E-state index in [1.165, 1.54) is 23.1 Å². The lowest BCUT2D eigenvalue weighted by Gasteiger charge is -2.29. The summed E-state index contributed by atoms with van der Waals surface area (Å²) in [5.41, 5.74) is 1.63. The van der Waals surface area contributed by atoms with Gasteiger partial charge in [0.25, 0.3) is 5.56 Å². The van der Waals surface area contributed by atoms with Crippen molar-refractivity contribution >= 4 is 39.2 Å². The van der Waals surface area contributed by atoms with Crippen LogP contribution in [-0.4, -0.2) is 65.1 Å². The minimum atomic E-state index is -0.403. The molecule has 0 spiro atoms. The van der Waals surface area contributed by atoms with Crippen LogP contribution in [0.3, 0.4) is 0 Å². The molecule has 2 aliphatic rings. The van der Waals surface area contributed by atoms with E-state index in [9.17, 15) is 9.59 Å². The average molecular weight is 530 g/mol. The first-order chi connectivity index (χ1) is 17.4. The van der Waals surface area contributed by atoms with Crippen LogP contribution in [0.25, 0.3) is 15.9 Å². The molecular weight excluding hydrogens is 498 g/mol. The zero-order chi connectivity index (χ0) is 25.4. The Hall–Kier alpha value is -2.40. The quantitative estimate of drug-likeness (QED) is 0.354. The Balaban J connectivity index is 1.60. The van der Waals surface area contributed by atoms with Gasteiger partial charge < -0.3 is 19.1 Å². The highest BCUT2D eigenvalue weighted by Gasteiger charge is 2.30. The van der Waals surface area contributed by atoms with Crippen LogP contribution in [0.1, 0.15) is 31.2 Å². The third-order valence-corrected chi connectivity index (χ3v) is 8.88. The summed E-state index contributed by atoms with van der Waals surface area (Å²) in [6.45, 7) is 8.90. The molecule has 0 radical (unpaired) electrons. The van der Waals surface area contributed by atoms with Crippen LogP contribution >= 0.6 is 23.1 Å².